The number of aromatic hydroxyl groups is 1. The fourth-order valence-corrected chi connectivity index (χ4v) is 5.22. The molecule has 4 rings (SSSR count). The Bertz CT molecular complexity index is 1080. The first-order valence-corrected chi connectivity index (χ1v) is 10.4. The van der Waals surface area contributed by atoms with Crippen LogP contribution in [0.4, 0.5) is 4.39 Å². The number of benzene rings is 2. The molecule has 0 bridgehead atoms. The Hall–Kier alpha value is -3.02. The van der Waals surface area contributed by atoms with Crippen molar-refractivity contribution in [2.45, 2.75) is 25.0 Å². The lowest BCUT2D eigenvalue weighted by molar-refractivity contribution is -0.149. The van der Waals surface area contributed by atoms with E-state index in [1.165, 1.54) is 47.0 Å². The second kappa shape index (κ2) is 7.67. The highest BCUT2D eigenvalue weighted by Gasteiger charge is 2.51. The topological polar surface area (TPSA) is 93.8 Å². The van der Waals surface area contributed by atoms with Gasteiger partial charge < -0.3 is 14.9 Å². The van der Waals surface area contributed by atoms with Gasteiger partial charge in [-0.1, -0.05) is 18.2 Å². The molecule has 6 nitrogen and oxygen atoms in total. The maximum atomic E-state index is 13.3. The van der Waals surface area contributed by atoms with Crippen molar-refractivity contribution in [1.29, 1.82) is 5.26 Å². The number of aliphatic hydroxyl groups is 1. The van der Waals surface area contributed by atoms with Crippen molar-refractivity contribution in [1.82, 2.24) is 4.90 Å². The Morgan fingerprint density at radius 3 is 2.73 bits per heavy atom. The van der Waals surface area contributed by atoms with Crippen LogP contribution in [0.3, 0.4) is 0 Å². The predicted molar refractivity (Wildman–Crippen MR) is 109 cm³/mol. The molecule has 0 aliphatic carbocycles. The molecule has 2 N–H and O–H groups in total. The van der Waals surface area contributed by atoms with Gasteiger partial charge in [0.25, 0.3) is 0 Å². The van der Waals surface area contributed by atoms with Gasteiger partial charge in [-0.3, -0.25) is 9.69 Å². The van der Waals surface area contributed by atoms with E-state index in [1.807, 2.05) is 0 Å². The number of thioether (sulfide) groups is 1. The van der Waals surface area contributed by atoms with E-state index in [2.05, 4.69) is 6.07 Å². The summed E-state index contributed by atoms with van der Waals surface area (Å²) in [6, 6.07) is 12.3. The van der Waals surface area contributed by atoms with Gasteiger partial charge in [0.15, 0.2) is 17.2 Å². The Balaban J connectivity index is 1.78. The zero-order valence-corrected chi connectivity index (χ0v) is 16.9. The second-order valence-electron chi connectivity index (χ2n) is 7.09. The smallest absolute Gasteiger partial charge is 0.231 e. The minimum atomic E-state index is -1.65. The third-order valence-electron chi connectivity index (χ3n) is 5.30. The van der Waals surface area contributed by atoms with Crippen LogP contribution in [0.2, 0.25) is 0 Å². The van der Waals surface area contributed by atoms with E-state index in [0.29, 0.717) is 28.3 Å². The quantitative estimate of drug-likeness (QED) is 0.776. The number of fused-ring (bicyclic) bond motifs is 1. The normalized spacial score (nSPS) is 23.3. The number of rotatable bonds is 4. The SMILES string of the molecule is CCOc1cc([C@H]2CC(=O)N3C(=C2C#N)SC[C@@]3(O)c2ccc(F)cc2)ccc1O. The van der Waals surface area contributed by atoms with Gasteiger partial charge in [-0.2, -0.15) is 5.26 Å². The number of nitriles is 1. The van der Waals surface area contributed by atoms with E-state index in [1.54, 1.807) is 19.1 Å². The average Bonchev–Trinajstić information content (AvgIpc) is 3.09. The number of phenolic OH excluding ortho intramolecular Hbond substituents is 1. The first-order valence-electron chi connectivity index (χ1n) is 9.43. The molecule has 2 heterocycles. The third kappa shape index (κ3) is 3.20. The standard InChI is InChI=1S/C22H19FN2O4S/c1-2-29-19-9-13(3-8-18(19)26)16-10-20(27)25-21(17(16)11-24)30-12-22(25,28)14-4-6-15(23)7-5-14/h3-9,16,26,28H,2,10,12H2,1H3/t16-,22-/m1/s1. The molecule has 154 valence electrons. The van der Waals surface area contributed by atoms with Gasteiger partial charge in [-0.25, -0.2) is 4.39 Å². The number of carbonyl (C=O) groups is 1. The number of hydrogen-bond acceptors (Lipinski definition) is 6. The molecule has 0 spiro atoms. The molecule has 30 heavy (non-hydrogen) atoms. The highest BCUT2D eigenvalue weighted by Crippen LogP contribution is 2.52. The first kappa shape index (κ1) is 20.3. The molecule has 0 saturated carbocycles. The molecule has 0 radical (unpaired) electrons. The zero-order chi connectivity index (χ0) is 21.5. The van der Waals surface area contributed by atoms with Crippen LogP contribution < -0.4 is 4.74 Å². The van der Waals surface area contributed by atoms with Crippen LogP contribution in [0.5, 0.6) is 11.5 Å². The van der Waals surface area contributed by atoms with E-state index in [9.17, 15) is 24.7 Å². The average molecular weight is 426 g/mol. The summed E-state index contributed by atoms with van der Waals surface area (Å²) in [5.41, 5.74) is -0.223. The Morgan fingerprint density at radius 2 is 2.07 bits per heavy atom. The van der Waals surface area contributed by atoms with E-state index in [4.69, 9.17) is 4.74 Å². The molecule has 2 aromatic carbocycles. The monoisotopic (exact) mass is 426 g/mol. The molecule has 2 aliphatic heterocycles. The fourth-order valence-electron chi connectivity index (χ4n) is 3.86. The second-order valence-corrected chi connectivity index (χ2v) is 8.05. The number of phenols is 1. The van der Waals surface area contributed by atoms with E-state index in [0.717, 1.165) is 0 Å². The van der Waals surface area contributed by atoms with E-state index in [-0.39, 0.29) is 29.6 Å². The molecule has 1 saturated heterocycles. The minimum Gasteiger partial charge on any atom is -0.504 e. The summed E-state index contributed by atoms with van der Waals surface area (Å²) in [7, 11) is 0. The summed E-state index contributed by atoms with van der Waals surface area (Å²) in [5.74, 6) is -0.889. The molecule has 2 atom stereocenters. The maximum Gasteiger partial charge on any atom is 0.231 e. The summed E-state index contributed by atoms with van der Waals surface area (Å²) in [4.78, 5) is 14.4. The molecule has 2 aliphatic rings. The number of nitrogens with zero attached hydrogens (tertiary/aromatic N) is 2. The fraction of sp³-hybridized carbons (Fsp3) is 0.273. The van der Waals surface area contributed by atoms with Crippen LogP contribution in [-0.2, 0) is 10.5 Å². The summed E-state index contributed by atoms with van der Waals surface area (Å²) in [6.07, 6.45) is -0.0210. The molecule has 8 heteroatoms. The van der Waals surface area contributed by atoms with Gasteiger partial charge in [0.05, 0.1) is 29.0 Å². The maximum absolute atomic E-state index is 13.3. The molecule has 1 fully saturated rings. The van der Waals surface area contributed by atoms with Gasteiger partial charge in [0.2, 0.25) is 5.91 Å². The van der Waals surface area contributed by atoms with Gasteiger partial charge in [0.1, 0.15) is 5.82 Å². The molecule has 0 unspecified atom stereocenters. The predicted octanol–water partition coefficient (Wildman–Crippen LogP) is 3.57. The number of ether oxygens (including phenoxy) is 1. The number of carbonyl (C=O) groups excluding carboxylic acids is 1. The lowest BCUT2D eigenvalue weighted by Gasteiger charge is -2.38. The Kier molecular flexibility index (Phi) is 5.18. The van der Waals surface area contributed by atoms with Crippen molar-refractivity contribution in [2.75, 3.05) is 12.4 Å². The van der Waals surface area contributed by atoms with Crippen molar-refractivity contribution in [2.24, 2.45) is 0 Å². The largest absolute Gasteiger partial charge is 0.504 e. The summed E-state index contributed by atoms with van der Waals surface area (Å²) < 4.78 is 18.8. The molecular weight excluding hydrogens is 407 g/mol. The number of allylic oxidation sites excluding steroid dienone is 1. The van der Waals surface area contributed by atoms with Crippen LogP contribution in [0.25, 0.3) is 0 Å². The Morgan fingerprint density at radius 1 is 1.33 bits per heavy atom. The van der Waals surface area contributed by atoms with Crippen LogP contribution in [0, 0.1) is 17.1 Å². The molecule has 2 aromatic rings. The summed E-state index contributed by atoms with van der Waals surface area (Å²) in [5, 5.41) is 31.6. The molecule has 1 amide bonds. The van der Waals surface area contributed by atoms with Gasteiger partial charge in [-0.05, 0) is 36.8 Å². The highest BCUT2D eigenvalue weighted by atomic mass is 32.2. The summed E-state index contributed by atoms with van der Waals surface area (Å²) in [6.45, 7) is 2.16. The minimum absolute atomic E-state index is 0.0172. The van der Waals surface area contributed by atoms with Gasteiger partial charge in [0, 0.05) is 17.9 Å². The lowest BCUT2D eigenvalue weighted by atomic mass is 9.85. The van der Waals surface area contributed by atoms with Crippen LogP contribution >= 0.6 is 11.8 Å². The zero-order valence-electron chi connectivity index (χ0n) is 16.1. The molecular formula is C22H19FN2O4S. The number of hydrogen-bond donors (Lipinski definition) is 2. The van der Waals surface area contributed by atoms with Crippen LogP contribution in [0.15, 0.2) is 53.1 Å². The number of halogens is 1. The summed E-state index contributed by atoms with van der Waals surface area (Å²) >= 11 is 1.22. The van der Waals surface area contributed by atoms with Crippen LogP contribution in [0.1, 0.15) is 30.4 Å². The highest BCUT2D eigenvalue weighted by molar-refractivity contribution is 8.03. The third-order valence-corrected chi connectivity index (χ3v) is 6.53. The van der Waals surface area contributed by atoms with Crippen molar-refractivity contribution in [3.8, 4) is 17.6 Å². The van der Waals surface area contributed by atoms with Gasteiger partial charge in [-0.15, -0.1) is 11.8 Å². The molecule has 0 aromatic heterocycles. The van der Waals surface area contributed by atoms with Crippen molar-refractivity contribution in [3.05, 3.63) is 70.0 Å². The Labute approximate surface area is 177 Å². The van der Waals surface area contributed by atoms with Crippen LogP contribution in [-0.4, -0.2) is 33.4 Å². The van der Waals surface area contributed by atoms with Crippen molar-refractivity contribution >= 4 is 17.7 Å². The number of amides is 1. The van der Waals surface area contributed by atoms with Crippen molar-refractivity contribution in [3.63, 3.8) is 0 Å². The van der Waals surface area contributed by atoms with E-state index < -0.39 is 17.5 Å². The first-order chi connectivity index (χ1) is 14.4. The lowest BCUT2D eigenvalue weighted by Crippen LogP contribution is -2.48. The van der Waals surface area contributed by atoms with Crippen molar-refractivity contribution < 1.29 is 24.1 Å². The van der Waals surface area contributed by atoms with Gasteiger partial charge >= 0.3 is 0 Å². The van der Waals surface area contributed by atoms with E-state index >= 15 is 0 Å².